The summed E-state index contributed by atoms with van der Waals surface area (Å²) in [6, 6.07) is 14.6. The zero-order chi connectivity index (χ0) is 22.4. The van der Waals surface area contributed by atoms with Crippen molar-refractivity contribution in [3.05, 3.63) is 69.9 Å². The van der Waals surface area contributed by atoms with Gasteiger partial charge in [0.1, 0.15) is 5.69 Å². The first-order valence-electron chi connectivity index (χ1n) is 9.27. The first-order valence-corrected chi connectivity index (χ1v) is 9.27. The van der Waals surface area contributed by atoms with E-state index in [-0.39, 0.29) is 23.1 Å². The van der Waals surface area contributed by atoms with Gasteiger partial charge in [-0.1, -0.05) is 18.2 Å². The van der Waals surface area contributed by atoms with E-state index in [4.69, 9.17) is 9.47 Å². The Morgan fingerprint density at radius 1 is 1.10 bits per heavy atom. The Hall–Kier alpha value is -4.21. The number of benzene rings is 2. The highest BCUT2D eigenvalue weighted by molar-refractivity contribution is 5.81. The normalized spacial score (nSPS) is 10.7. The van der Waals surface area contributed by atoms with Gasteiger partial charge < -0.3 is 14.4 Å². The fourth-order valence-electron chi connectivity index (χ4n) is 2.92. The van der Waals surface area contributed by atoms with Crippen LogP contribution in [0.2, 0.25) is 0 Å². The smallest absolute Gasteiger partial charge is 0.333 e. The summed E-state index contributed by atoms with van der Waals surface area (Å²) in [5.41, 5.74) is 4.30. The van der Waals surface area contributed by atoms with E-state index in [1.165, 1.54) is 0 Å². The van der Waals surface area contributed by atoms with Crippen LogP contribution in [0, 0.1) is 17.0 Å². The number of rotatable bonds is 8. The minimum atomic E-state index is -0.485. The molecule has 3 rings (SSSR count). The Kier molecular flexibility index (Phi) is 6.61. The third-order valence-corrected chi connectivity index (χ3v) is 4.47. The predicted molar refractivity (Wildman–Crippen MR) is 119 cm³/mol. The highest BCUT2D eigenvalue weighted by atomic mass is 16.6. The van der Waals surface area contributed by atoms with Crippen molar-refractivity contribution in [3.8, 4) is 11.5 Å². The van der Waals surface area contributed by atoms with Gasteiger partial charge in [-0.15, -0.1) is 0 Å². The lowest BCUT2D eigenvalue weighted by Gasteiger charge is -2.19. The van der Waals surface area contributed by atoms with Crippen LogP contribution in [-0.4, -0.2) is 42.4 Å². The number of para-hydroxylation sites is 1. The minimum absolute atomic E-state index is 0.137. The highest BCUT2D eigenvalue weighted by Gasteiger charge is 2.25. The van der Waals surface area contributed by atoms with E-state index in [1.807, 2.05) is 36.4 Å². The van der Waals surface area contributed by atoms with Crippen LogP contribution in [0.1, 0.15) is 11.3 Å². The zero-order valence-electron chi connectivity index (χ0n) is 17.6. The molecule has 2 aromatic carbocycles. The van der Waals surface area contributed by atoms with Crippen LogP contribution in [0.3, 0.4) is 0 Å². The quantitative estimate of drug-likeness (QED) is 0.330. The molecule has 1 aromatic heterocycles. The molecule has 0 aliphatic heterocycles. The van der Waals surface area contributed by atoms with E-state index < -0.39 is 4.92 Å². The fourth-order valence-corrected chi connectivity index (χ4v) is 2.92. The molecule has 1 heterocycles. The van der Waals surface area contributed by atoms with Gasteiger partial charge in [-0.25, -0.2) is 10.4 Å². The summed E-state index contributed by atoms with van der Waals surface area (Å²) in [5, 5.41) is 15.8. The fraction of sp³-hybridized carbons (Fsp3) is 0.190. The first-order chi connectivity index (χ1) is 14.9. The number of hydrazone groups is 1. The molecule has 0 atom stereocenters. The average Bonchev–Trinajstić information content (AvgIpc) is 2.78. The molecule has 3 aromatic rings. The number of methoxy groups -OCH3 is 2. The first kappa shape index (κ1) is 21.5. The molecule has 0 fully saturated rings. The molecule has 0 aliphatic rings. The van der Waals surface area contributed by atoms with E-state index in [2.05, 4.69) is 20.5 Å². The van der Waals surface area contributed by atoms with Gasteiger partial charge in [0.25, 0.3) is 0 Å². The van der Waals surface area contributed by atoms with Gasteiger partial charge in [-0.05, 0) is 42.8 Å². The van der Waals surface area contributed by atoms with Gasteiger partial charge in [-0.3, -0.25) is 10.1 Å². The van der Waals surface area contributed by atoms with Crippen molar-refractivity contribution in [3.63, 3.8) is 0 Å². The van der Waals surface area contributed by atoms with Crippen molar-refractivity contribution >= 4 is 29.4 Å². The summed E-state index contributed by atoms with van der Waals surface area (Å²) >= 11 is 0. The van der Waals surface area contributed by atoms with Crippen LogP contribution in [0.4, 0.5) is 23.1 Å². The number of nitrogens with zero attached hydrogens (tertiary/aromatic N) is 5. The van der Waals surface area contributed by atoms with Gasteiger partial charge in [-0.2, -0.15) is 10.1 Å². The lowest BCUT2D eigenvalue weighted by molar-refractivity contribution is -0.385. The lowest BCUT2D eigenvalue weighted by atomic mass is 10.2. The Morgan fingerprint density at radius 3 is 2.45 bits per heavy atom. The second kappa shape index (κ2) is 9.53. The number of aryl methyl sites for hydroxylation is 1. The molecule has 1 N–H and O–H groups in total. The molecule has 0 aliphatic carbocycles. The molecule has 10 heteroatoms. The molecule has 0 saturated carbocycles. The van der Waals surface area contributed by atoms with E-state index in [9.17, 15) is 10.1 Å². The largest absolute Gasteiger partial charge is 0.493 e. The number of nitrogens with one attached hydrogen (secondary N) is 1. The van der Waals surface area contributed by atoms with Crippen molar-refractivity contribution in [2.45, 2.75) is 6.92 Å². The van der Waals surface area contributed by atoms with Crippen molar-refractivity contribution in [1.29, 1.82) is 0 Å². The number of nitro groups is 1. The molecule has 0 radical (unpaired) electrons. The van der Waals surface area contributed by atoms with Crippen LogP contribution in [0.5, 0.6) is 11.5 Å². The zero-order valence-corrected chi connectivity index (χ0v) is 17.6. The van der Waals surface area contributed by atoms with Gasteiger partial charge in [0, 0.05) is 12.7 Å². The topological polar surface area (TPSA) is 115 Å². The second-order valence-corrected chi connectivity index (χ2v) is 6.44. The highest BCUT2D eigenvalue weighted by Crippen LogP contribution is 2.33. The Morgan fingerprint density at radius 2 is 1.81 bits per heavy atom. The molecular weight excluding hydrogens is 400 g/mol. The Labute approximate surface area is 179 Å². The van der Waals surface area contributed by atoms with Crippen molar-refractivity contribution < 1.29 is 14.4 Å². The van der Waals surface area contributed by atoms with Crippen LogP contribution >= 0.6 is 0 Å². The van der Waals surface area contributed by atoms with Crippen molar-refractivity contribution in [1.82, 2.24) is 9.97 Å². The number of anilines is 3. The van der Waals surface area contributed by atoms with Crippen LogP contribution in [-0.2, 0) is 0 Å². The Balaban J connectivity index is 1.89. The maximum Gasteiger partial charge on any atom is 0.333 e. The molecule has 0 spiro atoms. The van der Waals surface area contributed by atoms with E-state index in [1.54, 1.807) is 51.4 Å². The molecule has 0 bridgehead atoms. The molecule has 0 saturated heterocycles. The maximum absolute atomic E-state index is 11.6. The summed E-state index contributed by atoms with van der Waals surface area (Å²) in [6.45, 7) is 1.56. The lowest BCUT2D eigenvalue weighted by Crippen LogP contribution is -2.16. The predicted octanol–water partition coefficient (Wildman–Crippen LogP) is 3.92. The van der Waals surface area contributed by atoms with Gasteiger partial charge in [0.15, 0.2) is 11.5 Å². The van der Waals surface area contributed by atoms with Crippen LogP contribution < -0.4 is 19.8 Å². The SMILES string of the molecule is COc1ccc(/C=N\Nc2nc(C)c([N+](=O)[O-])c(N(C)c3ccccc3)n2)cc1OC. The second-order valence-electron chi connectivity index (χ2n) is 6.44. The molecule has 31 heavy (non-hydrogen) atoms. The maximum atomic E-state index is 11.6. The third kappa shape index (κ3) is 4.86. The number of hydrogen-bond donors (Lipinski definition) is 1. The molecule has 160 valence electrons. The average molecular weight is 422 g/mol. The summed E-state index contributed by atoms with van der Waals surface area (Å²) in [5.74, 6) is 1.47. The van der Waals surface area contributed by atoms with Crippen molar-refractivity contribution in [2.75, 3.05) is 31.6 Å². The molecular formula is C21H22N6O4. The van der Waals surface area contributed by atoms with E-state index in [0.29, 0.717) is 11.5 Å². The molecule has 0 amide bonds. The van der Waals surface area contributed by atoms with Crippen LogP contribution in [0.25, 0.3) is 0 Å². The summed E-state index contributed by atoms with van der Waals surface area (Å²) in [7, 11) is 4.82. The van der Waals surface area contributed by atoms with E-state index >= 15 is 0 Å². The van der Waals surface area contributed by atoms with Gasteiger partial charge >= 0.3 is 5.69 Å². The van der Waals surface area contributed by atoms with Crippen LogP contribution in [0.15, 0.2) is 53.6 Å². The molecule has 0 unspecified atom stereocenters. The Bertz CT molecular complexity index is 1100. The summed E-state index contributed by atoms with van der Waals surface area (Å²) < 4.78 is 10.5. The van der Waals surface area contributed by atoms with Gasteiger partial charge in [0.05, 0.1) is 25.4 Å². The number of ether oxygens (including phenoxy) is 2. The molecule has 10 nitrogen and oxygen atoms in total. The summed E-state index contributed by atoms with van der Waals surface area (Å²) in [6.07, 6.45) is 1.56. The summed E-state index contributed by atoms with van der Waals surface area (Å²) in [4.78, 5) is 21.3. The number of aromatic nitrogens is 2. The minimum Gasteiger partial charge on any atom is -0.493 e. The monoisotopic (exact) mass is 422 g/mol. The van der Waals surface area contributed by atoms with Gasteiger partial charge in [0.2, 0.25) is 11.8 Å². The third-order valence-electron chi connectivity index (χ3n) is 4.47. The van der Waals surface area contributed by atoms with Crippen molar-refractivity contribution in [2.24, 2.45) is 5.10 Å². The number of hydrogen-bond acceptors (Lipinski definition) is 9. The van der Waals surface area contributed by atoms with E-state index in [0.717, 1.165) is 11.3 Å². The standard InChI is InChI=1S/C21H22N6O4/c1-14-19(27(28)29)20(26(2)16-8-6-5-7-9-16)24-21(23-14)25-22-13-15-10-11-17(30-3)18(12-15)31-4/h5-13H,1-4H3,(H,23,24,25)/b22-13-.